The molecule has 1 aliphatic heterocycles. The molecule has 1 aliphatic rings. The molecule has 0 atom stereocenters. The molecule has 2 aromatic rings. The number of carboxylic acid groups (broad SMARTS) is 1. The first-order valence-corrected chi connectivity index (χ1v) is 9.67. The summed E-state index contributed by atoms with van der Waals surface area (Å²) in [4.78, 5) is 26.4. The minimum absolute atomic E-state index is 0.0694. The molecule has 27 heavy (non-hydrogen) atoms. The molecule has 3 rings (SSSR count). The summed E-state index contributed by atoms with van der Waals surface area (Å²) in [5, 5.41) is 11.8. The van der Waals surface area contributed by atoms with Crippen LogP contribution in [-0.2, 0) is 11.3 Å². The first kappa shape index (κ1) is 19.4. The Bertz CT molecular complexity index is 823. The number of aliphatic carboxylic acids is 1. The van der Waals surface area contributed by atoms with Crippen molar-refractivity contribution in [2.75, 3.05) is 20.2 Å². The van der Waals surface area contributed by atoms with Crippen LogP contribution >= 0.6 is 11.3 Å². The number of piperidine rings is 1. The van der Waals surface area contributed by atoms with Crippen LogP contribution in [0, 0.1) is 0 Å². The fourth-order valence-electron chi connectivity index (χ4n) is 3.25. The van der Waals surface area contributed by atoms with Crippen LogP contribution in [0.15, 0.2) is 35.7 Å². The number of carbonyl (C=O) groups is 2. The average molecular weight is 389 g/mol. The first-order chi connectivity index (χ1) is 12.9. The van der Waals surface area contributed by atoms with Gasteiger partial charge in [-0.05, 0) is 36.1 Å². The highest BCUT2D eigenvalue weighted by atomic mass is 32.1. The van der Waals surface area contributed by atoms with Gasteiger partial charge in [0.25, 0.3) is 0 Å². The quantitative estimate of drug-likeness (QED) is 0.731. The molecule has 0 aliphatic carbocycles. The van der Waals surface area contributed by atoms with Gasteiger partial charge in [-0.1, -0.05) is 12.1 Å². The van der Waals surface area contributed by atoms with Gasteiger partial charge in [0, 0.05) is 32.5 Å². The zero-order valence-corrected chi connectivity index (χ0v) is 16.3. The van der Waals surface area contributed by atoms with Gasteiger partial charge in [0.1, 0.15) is 0 Å². The number of thiophene rings is 1. The Labute approximate surface area is 162 Å². The third-order valence-corrected chi connectivity index (χ3v) is 5.91. The lowest BCUT2D eigenvalue weighted by atomic mass is 9.90. The van der Waals surface area contributed by atoms with Gasteiger partial charge < -0.3 is 14.6 Å². The summed E-state index contributed by atoms with van der Waals surface area (Å²) in [5.41, 5.74) is -0.177. The molecule has 6 nitrogen and oxygen atoms in total. The van der Waals surface area contributed by atoms with Crippen molar-refractivity contribution in [2.24, 2.45) is 0 Å². The van der Waals surface area contributed by atoms with E-state index in [0.29, 0.717) is 44.0 Å². The molecule has 1 fully saturated rings. The molecule has 1 saturated heterocycles. The molecule has 0 radical (unpaired) electrons. The lowest BCUT2D eigenvalue weighted by Crippen LogP contribution is -2.53. The largest absolute Gasteiger partial charge is 0.493 e. The van der Waals surface area contributed by atoms with E-state index in [1.165, 1.54) is 18.4 Å². The van der Waals surface area contributed by atoms with E-state index in [9.17, 15) is 14.7 Å². The minimum atomic E-state index is -1.26. The Morgan fingerprint density at radius 2 is 1.89 bits per heavy atom. The monoisotopic (exact) mass is 389 g/mol. The van der Waals surface area contributed by atoms with Crippen LogP contribution in [0.2, 0.25) is 0 Å². The molecule has 1 N–H and O–H groups in total. The highest BCUT2D eigenvalue weighted by molar-refractivity contribution is 7.12. The van der Waals surface area contributed by atoms with Crippen LogP contribution < -0.4 is 9.47 Å². The van der Waals surface area contributed by atoms with Crippen LogP contribution in [0.3, 0.4) is 0 Å². The Hall–Kier alpha value is -2.38. The molecule has 0 bridgehead atoms. The number of likely N-dealkylation sites (tertiary alicyclic amines) is 1. The third kappa shape index (κ3) is 4.31. The van der Waals surface area contributed by atoms with Crippen LogP contribution in [0.1, 0.15) is 35.0 Å². The molecule has 7 heteroatoms. The van der Waals surface area contributed by atoms with Gasteiger partial charge in [-0.25, -0.2) is 4.79 Å². The first-order valence-electron chi connectivity index (χ1n) is 8.80. The van der Waals surface area contributed by atoms with Crippen molar-refractivity contribution >= 4 is 23.1 Å². The molecule has 1 aromatic carbocycles. The van der Waals surface area contributed by atoms with Crippen molar-refractivity contribution in [3.63, 3.8) is 0 Å². The number of ether oxygens (including phenoxy) is 2. The normalized spacial score (nSPS) is 16.7. The van der Waals surface area contributed by atoms with Crippen molar-refractivity contribution in [1.29, 1.82) is 0 Å². The number of rotatable bonds is 7. The van der Waals surface area contributed by atoms with Gasteiger partial charge >= 0.3 is 5.97 Å². The number of methoxy groups -OCH3 is 1. The molecule has 0 amide bonds. The molecule has 1 aromatic heterocycles. The Morgan fingerprint density at radius 1 is 1.22 bits per heavy atom. The SMILES string of the molecule is COc1ccccc1OC1(C(=O)O)CCN(Cc2csc(C(C)=O)c2)CC1. The summed E-state index contributed by atoms with van der Waals surface area (Å²) in [7, 11) is 1.54. The lowest BCUT2D eigenvalue weighted by Gasteiger charge is -2.39. The molecule has 144 valence electrons. The molecular weight excluding hydrogens is 366 g/mol. The van der Waals surface area contributed by atoms with E-state index in [2.05, 4.69) is 4.90 Å². The standard InChI is InChI=1S/C20H23NO5S/c1-14(22)18-11-15(13-27-18)12-21-9-7-20(8-10-21,19(23)24)26-17-6-4-3-5-16(17)25-2/h3-6,11,13H,7-10,12H2,1-2H3,(H,23,24). The highest BCUT2D eigenvalue weighted by Gasteiger charge is 2.44. The van der Waals surface area contributed by atoms with E-state index in [1.807, 2.05) is 17.5 Å². The van der Waals surface area contributed by atoms with Gasteiger partial charge in [0.2, 0.25) is 5.60 Å². The fourth-order valence-corrected chi connectivity index (χ4v) is 4.05. The number of ketones is 1. The Kier molecular flexibility index (Phi) is 5.82. The van der Waals surface area contributed by atoms with Gasteiger partial charge in [-0.15, -0.1) is 11.3 Å². The topological polar surface area (TPSA) is 76.1 Å². The number of carboxylic acids is 1. The Morgan fingerprint density at radius 3 is 2.44 bits per heavy atom. The Balaban J connectivity index is 1.67. The number of hydrogen-bond donors (Lipinski definition) is 1. The number of benzene rings is 1. The molecule has 2 heterocycles. The molecule has 0 spiro atoms. The summed E-state index contributed by atoms with van der Waals surface area (Å²) < 4.78 is 11.2. The second kappa shape index (κ2) is 8.10. The van der Waals surface area contributed by atoms with E-state index in [-0.39, 0.29) is 5.78 Å². The fraction of sp³-hybridized carbons (Fsp3) is 0.400. The number of Topliss-reactive ketones (excluding diaryl/α,β-unsaturated/α-hetero) is 1. The van der Waals surface area contributed by atoms with Crippen molar-refractivity contribution < 1.29 is 24.2 Å². The van der Waals surface area contributed by atoms with Gasteiger partial charge in [0.15, 0.2) is 17.3 Å². The zero-order valence-electron chi connectivity index (χ0n) is 15.4. The van der Waals surface area contributed by atoms with Crippen LogP contribution in [0.25, 0.3) is 0 Å². The van der Waals surface area contributed by atoms with E-state index in [1.54, 1.807) is 25.1 Å². The van der Waals surface area contributed by atoms with E-state index < -0.39 is 11.6 Å². The van der Waals surface area contributed by atoms with E-state index in [4.69, 9.17) is 9.47 Å². The lowest BCUT2D eigenvalue weighted by molar-refractivity contribution is -0.160. The van der Waals surface area contributed by atoms with Gasteiger partial charge in [-0.3, -0.25) is 9.69 Å². The number of para-hydroxylation sites is 2. The minimum Gasteiger partial charge on any atom is -0.493 e. The van der Waals surface area contributed by atoms with Gasteiger partial charge in [-0.2, -0.15) is 0 Å². The van der Waals surface area contributed by atoms with Crippen LogP contribution in [-0.4, -0.2) is 47.6 Å². The zero-order chi connectivity index (χ0) is 19.4. The molecular formula is C20H23NO5S. The highest BCUT2D eigenvalue weighted by Crippen LogP contribution is 2.35. The van der Waals surface area contributed by atoms with E-state index in [0.717, 1.165) is 10.4 Å². The summed E-state index contributed by atoms with van der Waals surface area (Å²) in [5.74, 6) is 0.0813. The summed E-state index contributed by atoms with van der Waals surface area (Å²) in [6, 6.07) is 9.01. The second-order valence-corrected chi connectivity index (χ2v) is 7.62. The molecule has 0 saturated carbocycles. The number of hydrogen-bond acceptors (Lipinski definition) is 6. The smallest absolute Gasteiger partial charge is 0.348 e. The number of carbonyl (C=O) groups excluding carboxylic acids is 1. The number of nitrogens with zero attached hydrogens (tertiary/aromatic N) is 1. The molecule has 0 unspecified atom stereocenters. The third-order valence-electron chi connectivity index (χ3n) is 4.83. The second-order valence-electron chi connectivity index (χ2n) is 6.70. The van der Waals surface area contributed by atoms with Crippen molar-refractivity contribution in [3.05, 3.63) is 46.2 Å². The van der Waals surface area contributed by atoms with Crippen molar-refractivity contribution in [3.8, 4) is 11.5 Å². The van der Waals surface area contributed by atoms with Crippen LogP contribution in [0.4, 0.5) is 0 Å². The summed E-state index contributed by atoms with van der Waals surface area (Å²) in [6.07, 6.45) is 0.758. The maximum absolute atomic E-state index is 12.0. The summed E-state index contributed by atoms with van der Waals surface area (Å²) in [6.45, 7) is 3.47. The maximum Gasteiger partial charge on any atom is 0.348 e. The predicted molar refractivity (Wildman–Crippen MR) is 103 cm³/mol. The predicted octanol–water partition coefficient (Wildman–Crippen LogP) is 3.46. The summed E-state index contributed by atoms with van der Waals surface area (Å²) >= 11 is 1.45. The average Bonchev–Trinajstić information content (AvgIpc) is 3.12. The van der Waals surface area contributed by atoms with Crippen molar-refractivity contribution in [1.82, 2.24) is 4.90 Å². The van der Waals surface area contributed by atoms with Crippen molar-refractivity contribution in [2.45, 2.75) is 31.9 Å². The van der Waals surface area contributed by atoms with Crippen LogP contribution in [0.5, 0.6) is 11.5 Å². The van der Waals surface area contributed by atoms with Gasteiger partial charge in [0.05, 0.1) is 12.0 Å². The maximum atomic E-state index is 12.0. The van der Waals surface area contributed by atoms with E-state index >= 15 is 0 Å².